The number of rotatable bonds is 2. The number of aromatic nitrogens is 2. The van der Waals surface area contributed by atoms with E-state index in [2.05, 4.69) is 15.5 Å². The molecule has 7 heteroatoms. The lowest BCUT2D eigenvalue weighted by molar-refractivity contribution is -0.137. The van der Waals surface area contributed by atoms with Gasteiger partial charge in [0, 0.05) is 5.56 Å². The molecule has 1 fully saturated rings. The van der Waals surface area contributed by atoms with Crippen molar-refractivity contribution in [2.24, 2.45) is 0 Å². The molecular formula is C14H14F3N3O. The Morgan fingerprint density at radius 3 is 2.81 bits per heavy atom. The van der Waals surface area contributed by atoms with Crippen LogP contribution in [0.15, 0.2) is 28.8 Å². The van der Waals surface area contributed by atoms with Crippen molar-refractivity contribution in [2.45, 2.75) is 31.5 Å². The van der Waals surface area contributed by atoms with Gasteiger partial charge in [0.05, 0.1) is 11.1 Å². The van der Waals surface area contributed by atoms with Crippen LogP contribution < -0.4 is 5.32 Å². The summed E-state index contributed by atoms with van der Waals surface area (Å²) in [6, 6.07) is 4.92. The summed E-state index contributed by atoms with van der Waals surface area (Å²) in [4.78, 5) is 4.25. The van der Waals surface area contributed by atoms with Gasteiger partial charge in [-0.15, -0.1) is 0 Å². The lowest BCUT2D eigenvalue weighted by Gasteiger charge is -2.18. The molecule has 1 atom stereocenters. The number of nitrogens with zero attached hydrogens (tertiary/aromatic N) is 2. The molecule has 112 valence electrons. The average Bonchev–Trinajstić information content (AvgIpc) is 3.07. The van der Waals surface area contributed by atoms with Gasteiger partial charge in [-0.25, -0.2) is 0 Å². The Hall–Kier alpha value is -1.89. The molecule has 0 bridgehead atoms. The second-order valence-electron chi connectivity index (χ2n) is 5.36. The van der Waals surface area contributed by atoms with E-state index in [-0.39, 0.29) is 5.82 Å². The molecule has 2 aromatic rings. The van der Waals surface area contributed by atoms with E-state index in [4.69, 9.17) is 4.52 Å². The minimum Gasteiger partial charge on any atom is -0.337 e. The van der Waals surface area contributed by atoms with Gasteiger partial charge in [-0.3, -0.25) is 0 Å². The van der Waals surface area contributed by atoms with Crippen LogP contribution in [0.5, 0.6) is 0 Å². The molecule has 1 aromatic carbocycles. The molecule has 1 unspecified atom stereocenters. The van der Waals surface area contributed by atoms with Crippen LogP contribution in [-0.2, 0) is 11.7 Å². The zero-order chi connectivity index (χ0) is 15.1. The second kappa shape index (κ2) is 4.84. The molecule has 0 saturated carbocycles. The van der Waals surface area contributed by atoms with Crippen LogP contribution in [0, 0.1) is 0 Å². The fourth-order valence-corrected chi connectivity index (χ4v) is 2.48. The number of benzene rings is 1. The molecule has 1 aliphatic rings. The first-order chi connectivity index (χ1) is 9.88. The smallest absolute Gasteiger partial charge is 0.337 e. The summed E-state index contributed by atoms with van der Waals surface area (Å²) < 4.78 is 43.4. The molecule has 3 rings (SSSR count). The summed E-state index contributed by atoms with van der Waals surface area (Å²) in [6.45, 7) is 2.81. The van der Waals surface area contributed by atoms with Crippen LogP contribution in [0.1, 0.15) is 31.2 Å². The SMILES string of the molecule is CC1(c2nc(-c3cccc(C(F)(F)F)c3)no2)CCCN1. The molecule has 4 nitrogen and oxygen atoms in total. The van der Waals surface area contributed by atoms with E-state index in [1.165, 1.54) is 12.1 Å². The van der Waals surface area contributed by atoms with Crippen molar-refractivity contribution >= 4 is 0 Å². The quantitative estimate of drug-likeness (QED) is 0.923. The normalized spacial score (nSPS) is 22.7. The highest BCUT2D eigenvalue weighted by molar-refractivity contribution is 5.55. The van der Waals surface area contributed by atoms with Crippen LogP contribution in [0.3, 0.4) is 0 Å². The first kappa shape index (κ1) is 14.1. The zero-order valence-electron chi connectivity index (χ0n) is 11.4. The van der Waals surface area contributed by atoms with Crippen LogP contribution in [-0.4, -0.2) is 16.7 Å². The van der Waals surface area contributed by atoms with E-state index in [1.807, 2.05) is 6.92 Å². The van der Waals surface area contributed by atoms with Crippen molar-refractivity contribution in [2.75, 3.05) is 6.54 Å². The maximum absolute atomic E-state index is 12.7. The molecule has 0 spiro atoms. The maximum atomic E-state index is 12.7. The number of nitrogens with one attached hydrogen (secondary N) is 1. The van der Waals surface area contributed by atoms with Gasteiger partial charge in [0.15, 0.2) is 0 Å². The van der Waals surface area contributed by atoms with E-state index < -0.39 is 17.3 Å². The number of hydrogen-bond donors (Lipinski definition) is 1. The van der Waals surface area contributed by atoms with E-state index in [1.54, 1.807) is 0 Å². The highest BCUT2D eigenvalue weighted by Crippen LogP contribution is 2.33. The average molecular weight is 297 g/mol. The predicted octanol–water partition coefficient (Wildman–Crippen LogP) is 3.35. The second-order valence-corrected chi connectivity index (χ2v) is 5.36. The Balaban J connectivity index is 1.93. The number of halogens is 3. The number of hydrogen-bond acceptors (Lipinski definition) is 4. The van der Waals surface area contributed by atoms with Gasteiger partial charge in [-0.1, -0.05) is 17.3 Å². The van der Waals surface area contributed by atoms with E-state index in [0.29, 0.717) is 11.5 Å². The van der Waals surface area contributed by atoms with Crippen LogP contribution in [0.25, 0.3) is 11.4 Å². The molecule has 1 aliphatic heterocycles. The third-order valence-electron chi connectivity index (χ3n) is 3.71. The predicted molar refractivity (Wildman–Crippen MR) is 69.3 cm³/mol. The Kier molecular flexibility index (Phi) is 3.24. The van der Waals surface area contributed by atoms with Crippen molar-refractivity contribution in [3.05, 3.63) is 35.7 Å². The van der Waals surface area contributed by atoms with Crippen molar-refractivity contribution in [3.8, 4) is 11.4 Å². The molecule has 21 heavy (non-hydrogen) atoms. The van der Waals surface area contributed by atoms with Gasteiger partial charge < -0.3 is 9.84 Å². The summed E-state index contributed by atoms with van der Waals surface area (Å²) in [7, 11) is 0. The van der Waals surface area contributed by atoms with E-state index in [9.17, 15) is 13.2 Å². The van der Waals surface area contributed by atoms with Crippen molar-refractivity contribution in [3.63, 3.8) is 0 Å². The molecule has 1 aromatic heterocycles. The lowest BCUT2D eigenvalue weighted by atomic mass is 10.0. The Labute approximate surface area is 119 Å². The van der Waals surface area contributed by atoms with Gasteiger partial charge in [0.25, 0.3) is 0 Å². The van der Waals surface area contributed by atoms with Gasteiger partial charge in [-0.05, 0) is 38.4 Å². The van der Waals surface area contributed by atoms with Gasteiger partial charge in [0.1, 0.15) is 0 Å². The minimum absolute atomic E-state index is 0.172. The van der Waals surface area contributed by atoms with Crippen molar-refractivity contribution in [1.82, 2.24) is 15.5 Å². The van der Waals surface area contributed by atoms with E-state index >= 15 is 0 Å². The molecule has 0 amide bonds. The van der Waals surface area contributed by atoms with E-state index in [0.717, 1.165) is 31.5 Å². The Morgan fingerprint density at radius 1 is 1.33 bits per heavy atom. The monoisotopic (exact) mass is 297 g/mol. The summed E-state index contributed by atoms with van der Waals surface area (Å²) >= 11 is 0. The third-order valence-corrected chi connectivity index (χ3v) is 3.71. The van der Waals surface area contributed by atoms with Crippen LogP contribution >= 0.6 is 0 Å². The fourth-order valence-electron chi connectivity index (χ4n) is 2.48. The van der Waals surface area contributed by atoms with Crippen molar-refractivity contribution in [1.29, 1.82) is 0 Å². The van der Waals surface area contributed by atoms with Gasteiger partial charge in [-0.2, -0.15) is 18.2 Å². The van der Waals surface area contributed by atoms with Crippen LogP contribution in [0.4, 0.5) is 13.2 Å². The fraction of sp³-hybridized carbons (Fsp3) is 0.429. The topological polar surface area (TPSA) is 51.0 Å². The standard InChI is InChI=1S/C14H14F3N3O/c1-13(6-3-7-18-13)12-19-11(20-21-12)9-4-2-5-10(8-9)14(15,16)17/h2,4-5,8,18H,3,6-7H2,1H3. The highest BCUT2D eigenvalue weighted by atomic mass is 19.4. The van der Waals surface area contributed by atoms with Gasteiger partial charge >= 0.3 is 6.18 Å². The first-order valence-corrected chi connectivity index (χ1v) is 6.65. The highest BCUT2D eigenvalue weighted by Gasteiger charge is 2.36. The maximum Gasteiger partial charge on any atom is 0.416 e. The molecule has 1 N–H and O–H groups in total. The minimum atomic E-state index is -4.39. The summed E-state index contributed by atoms with van der Waals surface area (Å²) in [6.07, 6.45) is -2.53. The number of alkyl halides is 3. The summed E-state index contributed by atoms with van der Waals surface area (Å²) in [5, 5.41) is 7.08. The largest absolute Gasteiger partial charge is 0.416 e. The molecule has 0 aliphatic carbocycles. The Bertz CT molecular complexity index is 645. The lowest BCUT2D eigenvalue weighted by Crippen LogP contribution is -2.33. The molecular weight excluding hydrogens is 283 g/mol. The third kappa shape index (κ3) is 2.65. The summed E-state index contributed by atoms with van der Waals surface area (Å²) in [5.74, 6) is 0.582. The molecule has 2 heterocycles. The molecule has 1 saturated heterocycles. The summed E-state index contributed by atoms with van der Waals surface area (Å²) in [5.41, 5.74) is -0.828. The van der Waals surface area contributed by atoms with Crippen LogP contribution in [0.2, 0.25) is 0 Å². The van der Waals surface area contributed by atoms with Gasteiger partial charge in [0.2, 0.25) is 11.7 Å². The zero-order valence-corrected chi connectivity index (χ0v) is 11.4. The molecule has 0 radical (unpaired) electrons. The first-order valence-electron chi connectivity index (χ1n) is 6.65. The Morgan fingerprint density at radius 2 is 2.14 bits per heavy atom. The van der Waals surface area contributed by atoms with Crippen molar-refractivity contribution < 1.29 is 17.7 Å².